The smallest absolute Gasteiger partial charge is 0.317 e. The minimum absolute atomic E-state index is 0.189. The molecule has 2 amide bonds. The Morgan fingerprint density at radius 3 is 2.74 bits per heavy atom. The molecule has 0 fully saturated rings. The molecule has 2 heterocycles. The fourth-order valence-electron chi connectivity index (χ4n) is 3.06. The van der Waals surface area contributed by atoms with E-state index in [9.17, 15) is 4.79 Å². The third-order valence-electron chi connectivity index (χ3n) is 4.81. The first-order valence-corrected chi connectivity index (χ1v) is 8.99. The lowest BCUT2D eigenvalue weighted by atomic mass is 10.2. The van der Waals surface area contributed by atoms with Crippen LogP contribution in [0.3, 0.4) is 0 Å². The number of furan rings is 1. The van der Waals surface area contributed by atoms with Gasteiger partial charge in [-0.1, -0.05) is 30.3 Å². The zero-order valence-corrected chi connectivity index (χ0v) is 15.3. The SMILES string of the molecule is CC(c1cc2ccccc2o1)N(C)C(=O)NCC1COc2ccccc2O1. The molecular weight excluding hydrogens is 344 g/mol. The van der Waals surface area contributed by atoms with E-state index >= 15 is 0 Å². The molecule has 1 aromatic heterocycles. The van der Waals surface area contributed by atoms with E-state index in [0.29, 0.717) is 18.9 Å². The van der Waals surface area contributed by atoms with Gasteiger partial charge in [0, 0.05) is 12.4 Å². The number of rotatable bonds is 4. The fraction of sp³-hybridized carbons (Fsp3) is 0.286. The van der Waals surface area contributed by atoms with Gasteiger partial charge >= 0.3 is 6.03 Å². The molecule has 3 aromatic rings. The molecule has 0 saturated carbocycles. The van der Waals surface area contributed by atoms with Crippen LogP contribution in [0.2, 0.25) is 0 Å². The molecule has 0 aliphatic carbocycles. The number of nitrogens with zero attached hydrogens (tertiary/aromatic N) is 1. The highest BCUT2D eigenvalue weighted by Crippen LogP contribution is 2.31. The van der Waals surface area contributed by atoms with Crippen molar-refractivity contribution in [2.75, 3.05) is 20.2 Å². The number of carbonyl (C=O) groups excluding carboxylic acids is 1. The van der Waals surface area contributed by atoms with E-state index in [1.165, 1.54) is 0 Å². The van der Waals surface area contributed by atoms with Crippen molar-refractivity contribution in [3.05, 3.63) is 60.4 Å². The van der Waals surface area contributed by atoms with Crippen LogP contribution in [0.1, 0.15) is 18.7 Å². The topological polar surface area (TPSA) is 63.9 Å². The van der Waals surface area contributed by atoms with Crippen LogP contribution in [0.4, 0.5) is 4.79 Å². The number of hydrogen-bond acceptors (Lipinski definition) is 4. The summed E-state index contributed by atoms with van der Waals surface area (Å²) in [6.07, 6.45) is -0.223. The number of carbonyl (C=O) groups is 1. The molecule has 0 saturated heterocycles. The van der Waals surface area contributed by atoms with E-state index in [1.54, 1.807) is 11.9 Å². The van der Waals surface area contributed by atoms with Gasteiger partial charge in [-0.3, -0.25) is 0 Å². The summed E-state index contributed by atoms with van der Waals surface area (Å²) in [5.41, 5.74) is 0.819. The molecule has 0 bridgehead atoms. The van der Waals surface area contributed by atoms with Crippen molar-refractivity contribution >= 4 is 17.0 Å². The van der Waals surface area contributed by atoms with E-state index in [1.807, 2.05) is 61.5 Å². The van der Waals surface area contributed by atoms with Gasteiger partial charge in [0.2, 0.25) is 0 Å². The van der Waals surface area contributed by atoms with Crippen molar-refractivity contribution < 1.29 is 18.7 Å². The third kappa shape index (κ3) is 3.56. The van der Waals surface area contributed by atoms with Crippen molar-refractivity contribution in [3.63, 3.8) is 0 Å². The maximum atomic E-state index is 12.5. The number of fused-ring (bicyclic) bond motifs is 2. The van der Waals surface area contributed by atoms with Crippen LogP contribution >= 0.6 is 0 Å². The molecule has 2 atom stereocenters. The standard InChI is InChI=1S/C21H22N2O4/c1-14(20-11-15-7-3-4-8-17(15)27-20)23(2)21(24)22-12-16-13-25-18-9-5-6-10-19(18)26-16/h3-11,14,16H,12-13H2,1-2H3,(H,22,24). The summed E-state index contributed by atoms with van der Waals surface area (Å²) in [6.45, 7) is 2.71. The Hall–Kier alpha value is -3.15. The maximum absolute atomic E-state index is 12.5. The van der Waals surface area contributed by atoms with Crippen molar-refractivity contribution in [3.8, 4) is 11.5 Å². The van der Waals surface area contributed by atoms with E-state index in [0.717, 1.165) is 22.5 Å². The number of amides is 2. The lowest BCUT2D eigenvalue weighted by Gasteiger charge is -2.28. The van der Waals surface area contributed by atoms with Crippen LogP contribution in [0.15, 0.2) is 59.0 Å². The number of urea groups is 1. The molecule has 1 aliphatic rings. The first-order chi connectivity index (χ1) is 13.1. The van der Waals surface area contributed by atoms with Crippen LogP contribution in [-0.4, -0.2) is 37.2 Å². The highest BCUT2D eigenvalue weighted by atomic mass is 16.6. The Morgan fingerprint density at radius 2 is 1.93 bits per heavy atom. The van der Waals surface area contributed by atoms with E-state index in [4.69, 9.17) is 13.9 Å². The van der Waals surface area contributed by atoms with Crippen LogP contribution in [0.5, 0.6) is 11.5 Å². The highest BCUT2D eigenvalue weighted by Gasteiger charge is 2.24. The van der Waals surface area contributed by atoms with Crippen molar-refractivity contribution in [2.45, 2.75) is 19.1 Å². The van der Waals surface area contributed by atoms with Gasteiger partial charge in [0.25, 0.3) is 0 Å². The minimum Gasteiger partial charge on any atom is -0.486 e. The van der Waals surface area contributed by atoms with Gasteiger partial charge in [0.05, 0.1) is 12.6 Å². The van der Waals surface area contributed by atoms with Crippen molar-refractivity contribution in [2.24, 2.45) is 0 Å². The number of nitrogens with one attached hydrogen (secondary N) is 1. The number of hydrogen-bond donors (Lipinski definition) is 1. The normalized spacial score (nSPS) is 16.7. The Labute approximate surface area is 157 Å². The lowest BCUT2D eigenvalue weighted by Crippen LogP contribution is -2.45. The Morgan fingerprint density at radius 1 is 1.19 bits per heavy atom. The van der Waals surface area contributed by atoms with Gasteiger partial charge in [-0.25, -0.2) is 4.79 Å². The number of benzene rings is 2. The molecule has 0 spiro atoms. The summed E-state index contributed by atoms with van der Waals surface area (Å²) in [6, 6.07) is 16.9. The maximum Gasteiger partial charge on any atom is 0.317 e. The molecular formula is C21H22N2O4. The van der Waals surface area contributed by atoms with Crippen LogP contribution in [0, 0.1) is 0 Å². The monoisotopic (exact) mass is 366 g/mol. The number of ether oxygens (including phenoxy) is 2. The van der Waals surface area contributed by atoms with Gasteiger partial charge in [-0.05, 0) is 31.2 Å². The quantitative estimate of drug-likeness (QED) is 0.759. The van der Waals surface area contributed by atoms with Crippen molar-refractivity contribution in [1.29, 1.82) is 0 Å². The zero-order valence-electron chi connectivity index (χ0n) is 15.3. The first kappa shape index (κ1) is 17.3. The molecule has 1 aliphatic heterocycles. The van der Waals surface area contributed by atoms with Gasteiger partial charge in [0.1, 0.15) is 18.0 Å². The highest BCUT2D eigenvalue weighted by molar-refractivity contribution is 5.78. The lowest BCUT2D eigenvalue weighted by molar-refractivity contribution is 0.0897. The van der Waals surface area contributed by atoms with Crippen LogP contribution < -0.4 is 14.8 Å². The largest absolute Gasteiger partial charge is 0.486 e. The second kappa shape index (κ2) is 7.23. The second-order valence-electron chi connectivity index (χ2n) is 6.66. The molecule has 1 N–H and O–H groups in total. The average molecular weight is 366 g/mol. The van der Waals surface area contributed by atoms with Crippen LogP contribution in [0.25, 0.3) is 11.0 Å². The van der Waals surface area contributed by atoms with Gasteiger partial charge in [-0.15, -0.1) is 0 Å². The van der Waals surface area contributed by atoms with E-state index < -0.39 is 0 Å². The average Bonchev–Trinajstić information content (AvgIpc) is 3.15. The Kier molecular flexibility index (Phi) is 4.62. The summed E-state index contributed by atoms with van der Waals surface area (Å²) >= 11 is 0. The van der Waals surface area contributed by atoms with Crippen molar-refractivity contribution in [1.82, 2.24) is 10.2 Å². The number of para-hydroxylation sites is 3. The van der Waals surface area contributed by atoms with Gasteiger partial charge in [-0.2, -0.15) is 0 Å². The molecule has 140 valence electrons. The van der Waals surface area contributed by atoms with Gasteiger partial charge < -0.3 is 24.1 Å². The molecule has 2 aromatic carbocycles. The summed E-state index contributed by atoms with van der Waals surface area (Å²) < 4.78 is 17.4. The predicted octanol–water partition coefficient (Wildman–Crippen LogP) is 3.98. The predicted molar refractivity (Wildman–Crippen MR) is 102 cm³/mol. The zero-order chi connectivity index (χ0) is 18.8. The summed E-state index contributed by atoms with van der Waals surface area (Å²) in [4.78, 5) is 14.2. The first-order valence-electron chi connectivity index (χ1n) is 8.99. The molecule has 6 heteroatoms. The second-order valence-corrected chi connectivity index (χ2v) is 6.66. The fourth-order valence-corrected chi connectivity index (χ4v) is 3.06. The van der Waals surface area contributed by atoms with E-state index in [2.05, 4.69) is 5.32 Å². The summed E-state index contributed by atoms with van der Waals surface area (Å²) in [7, 11) is 1.75. The van der Waals surface area contributed by atoms with Crippen LogP contribution in [-0.2, 0) is 0 Å². The molecule has 6 nitrogen and oxygen atoms in total. The minimum atomic E-state index is -0.223. The van der Waals surface area contributed by atoms with Gasteiger partial charge in [0.15, 0.2) is 17.6 Å². The summed E-state index contributed by atoms with van der Waals surface area (Å²) in [5, 5.41) is 3.94. The Balaban J connectivity index is 1.35. The third-order valence-corrected chi connectivity index (χ3v) is 4.81. The Bertz CT molecular complexity index is 919. The molecule has 2 unspecified atom stereocenters. The summed E-state index contributed by atoms with van der Waals surface area (Å²) in [5.74, 6) is 2.18. The molecule has 0 radical (unpaired) electrons. The molecule has 4 rings (SSSR count). The molecule has 27 heavy (non-hydrogen) atoms. The van der Waals surface area contributed by atoms with E-state index in [-0.39, 0.29) is 18.2 Å².